The second-order valence-corrected chi connectivity index (χ2v) is 9.37. The quantitative estimate of drug-likeness (QED) is 0.351. The number of aromatic nitrogens is 1. The maximum atomic E-state index is 11.7. The molecule has 8 heteroatoms. The molecule has 0 unspecified atom stereocenters. The van der Waals surface area contributed by atoms with Gasteiger partial charge >= 0.3 is 0 Å². The van der Waals surface area contributed by atoms with Crippen LogP contribution in [0.25, 0.3) is 32.5 Å². The summed E-state index contributed by atoms with van der Waals surface area (Å²) in [6.45, 7) is 2.42. The number of ketones is 1. The standard InChI is InChI=1S/C24H20NOS.ClHO4/c1-16(26)13-14-25-21(15-17-7-3-2-4-8-17)27-24-20-12-6-10-18-9-5-11-19(22(18)20)23(24)25;2-1(3,4)5/h2-12H,13-15H2,1H3;(H,2,3,4,5)/q+1;/p-1. The highest BCUT2D eigenvalue weighted by Crippen LogP contribution is 2.48. The molecule has 1 aliphatic carbocycles. The number of carbonyl (C=O) groups excluding carboxylic acids is 1. The van der Waals surface area contributed by atoms with Crippen LogP contribution in [0.15, 0.2) is 66.7 Å². The number of rotatable bonds is 5. The molecule has 3 aromatic carbocycles. The molecule has 0 radical (unpaired) electrons. The van der Waals surface area contributed by atoms with Gasteiger partial charge in [-0.05, 0) is 23.9 Å². The Kier molecular flexibility index (Phi) is 6.39. The summed E-state index contributed by atoms with van der Waals surface area (Å²) in [5.41, 5.74) is 5.23. The van der Waals surface area contributed by atoms with E-state index in [0.717, 1.165) is 13.0 Å². The summed E-state index contributed by atoms with van der Waals surface area (Å²) >= 11 is 1.88. The van der Waals surface area contributed by atoms with Crippen molar-refractivity contribution in [1.29, 1.82) is 0 Å². The van der Waals surface area contributed by atoms with E-state index in [1.54, 1.807) is 6.92 Å². The fourth-order valence-electron chi connectivity index (χ4n) is 4.05. The zero-order valence-electron chi connectivity index (χ0n) is 17.2. The van der Waals surface area contributed by atoms with E-state index in [0.29, 0.717) is 6.42 Å². The van der Waals surface area contributed by atoms with Gasteiger partial charge in [0.1, 0.15) is 10.7 Å². The van der Waals surface area contributed by atoms with Gasteiger partial charge in [-0.15, -0.1) is 10.2 Å². The Hall–Kier alpha value is -2.65. The molecule has 1 aliphatic rings. The minimum atomic E-state index is -4.94. The fraction of sp³-hybridized carbons (Fsp3) is 0.167. The monoisotopic (exact) mass is 469 g/mol. The summed E-state index contributed by atoms with van der Waals surface area (Å²) < 4.78 is 36.4. The largest absolute Gasteiger partial charge is 0.300 e. The van der Waals surface area contributed by atoms with Gasteiger partial charge < -0.3 is 0 Å². The number of hydrogen-bond acceptors (Lipinski definition) is 6. The van der Waals surface area contributed by atoms with E-state index in [1.165, 1.54) is 43.0 Å². The second kappa shape index (κ2) is 9.07. The Morgan fingerprint density at radius 1 is 0.906 bits per heavy atom. The molecule has 1 aromatic heterocycles. The maximum Gasteiger partial charge on any atom is 0.242 e. The topological polar surface area (TPSA) is 113 Å². The Labute approximate surface area is 191 Å². The number of benzene rings is 3. The highest BCUT2D eigenvalue weighted by Gasteiger charge is 2.35. The summed E-state index contributed by atoms with van der Waals surface area (Å²) in [5.74, 6) is 0.238. The molecule has 32 heavy (non-hydrogen) atoms. The minimum absolute atomic E-state index is 0.238. The van der Waals surface area contributed by atoms with E-state index < -0.39 is 10.2 Å². The lowest BCUT2D eigenvalue weighted by atomic mass is 10.0. The highest BCUT2D eigenvalue weighted by atomic mass is 35.7. The number of fused-ring (bicyclic) bond motifs is 3. The van der Waals surface area contributed by atoms with E-state index in [9.17, 15) is 4.79 Å². The van der Waals surface area contributed by atoms with Crippen LogP contribution in [0.2, 0.25) is 0 Å². The molecular weight excluding hydrogens is 450 g/mol. The number of halogens is 1. The molecular formula is C24H20ClNO5S. The summed E-state index contributed by atoms with van der Waals surface area (Å²) in [7, 11) is -4.94. The van der Waals surface area contributed by atoms with Crippen LogP contribution in [0.5, 0.6) is 0 Å². The van der Waals surface area contributed by atoms with E-state index in [2.05, 4.69) is 71.3 Å². The van der Waals surface area contributed by atoms with Gasteiger partial charge in [-0.2, -0.15) is 4.57 Å². The number of nitrogens with zero attached hydrogens (tertiary/aromatic N) is 1. The molecule has 6 nitrogen and oxygen atoms in total. The molecule has 0 N–H and O–H groups in total. The zero-order chi connectivity index (χ0) is 22.9. The van der Waals surface area contributed by atoms with Crippen LogP contribution in [-0.2, 0) is 17.8 Å². The molecule has 0 saturated carbocycles. The van der Waals surface area contributed by atoms with Gasteiger partial charge in [0.15, 0.2) is 6.54 Å². The average molecular weight is 470 g/mol. The van der Waals surface area contributed by atoms with E-state index in [-0.39, 0.29) is 5.78 Å². The van der Waals surface area contributed by atoms with Crippen molar-refractivity contribution < 1.29 is 38.2 Å². The molecule has 0 bridgehead atoms. The predicted molar refractivity (Wildman–Crippen MR) is 111 cm³/mol. The van der Waals surface area contributed by atoms with Crippen LogP contribution in [0, 0.1) is 10.2 Å². The minimum Gasteiger partial charge on any atom is -0.300 e. The Morgan fingerprint density at radius 3 is 2.16 bits per heavy atom. The van der Waals surface area contributed by atoms with Crippen molar-refractivity contribution in [3.8, 4) is 21.7 Å². The molecule has 0 fully saturated rings. The Balaban J connectivity index is 0.000000444. The predicted octanol–water partition coefficient (Wildman–Crippen LogP) is 0.650. The smallest absolute Gasteiger partial charge is 0.242 e. The van der Waals surface area contributed by atoms with E-state index >= 15 is 0 Å². The lowest BCUT2D eigenvalue weighted by Crippen LogP contribution is -2.68. The first-order chi connectivity index (χ1) is 15.2. The van der Waals surface area contributed by atoms with Gasteiger partial charge in [0, 0.05) is 10.9 Å². The Bertz CT molecular complexity index is 1270. The summed E-state index contributed by atoms with van der Waals surface area (Å²) in [6.07, 6.45) is 1.47. The molecule has 5 rings (SSSR count). The van der Waals surface area contributed by atoms with Crippen LogP contribution in [0.3, 0.4) is 0 Å². The first-order valence-corrected chi connectivity index (χ1v) is 12.0. The first-order valence-electron chi connectivity index (χ1n) is 9.95. The molecule has 0 atom stereocenters. The van der Waals surface area contributed by atoms with Gasteiger partial charge in [0.2, 0.25) is 10.7 Å². The van der Waals surface area contributed by atoms with Crippen molar-refractivity contribution in [2.75, 3.05) is 0 Å². The van der Waals surface area contributed by atoms with Crippen LogP contribution in [-0.4, -0.2) is 5.78 Å². The summed E-state index contributed by atoms with van der Waals surface area (Å²) in [4.78, 5) is 13.1. The van der Waals surface area contributed by atoms with Crippen LogP contribution < -0.4 is 23.2 Å². The van der Waals surface area contributed by atoms with Crippen molar-refractivity contribution in [1.82, 2.24) is 0 Å². The SMILES string of the molecule is CC(=O)CC[n+]1c(Cc2ccccc2)sc2c1-c1cccc3cccc-2c13.[O-][Cl+3]([O-])([O-])[O-]. The zero-order valence-corrected chi connectivity index (χ0v) is 18.8. The lowest BCUT2D eigenvalue weighted by molar-refractivity contribution is -2.00. The Morgan fingerprint density at radius 2 is 1.53 bits per heavy atom. The van der Waals surface area contributed by atoms with Gasteiger partial charge in [0.25, 0.3) is 0 Å². The van der Waals surface area contributed by atoms with Crippen LogP contribution in [0.1, 0.15) is 23.9 Å². The molecule has 164 valence electrons. The van der Waals surface area contributed by atoms with Gasteiger partial charge in [-0.3, -0.25) is 4.79 Å². The third-order valence-electron chi connectivity index (χ3n) is 5.30. The van der Waals surface area contributed by atoms with Crippen LogP contribution >= 0.6 is 11.3 Å². The molecule has 0 amide bonds. The van der Waals surface area contributed by atoms with Crippen molar-refractivity contribution in [2.45, 2.75) is 26.3 Å². The second-order valence-electron chi connectivity index (χ2n) is 7.53. The highest BCUT2D eigenvalue weighted by molar-refractivity contribution is 7.15. The average Bonchev–Trinajstić information content (AvgIpc) is 3.23. The van der Waals surface area contributed by atoms with Crippen molar-refractivity contribution in [2.24, 2.45) is 0 Å². The van der Waals surface area contributed by atoms with Crippen molar-refractivity contribution in [3.05, 3.63) is 77.3 Å². The number of thiazole rings is 1. The van der Waals surface area contributed by atoms with E-state index in [4.69, 9.17) is 18.6 Å². The molecule has 0 aliphatic heterocycles. The molecule has 0 saturated heterocycles. The normalized spacial score (nSPS) is 11.8. The maximum absolute atomic E-state index is 11.7. The van der Waals surface area contributed by atoms with Gasteiger partial charge in [0.05, 0.1) is 18.4 Å². The summed E-state index contributed by atoms with van der Waals surface area (Å²) in [6, 6.07) is 23.7. The van der Waals surface area contributed by atoms with Gasteiger partial charge in [-0.1, -0.05) is 72.0 Å². The van der Waals surface area contributed by atoms with Crippen molar-refractivity contribution in [3.63, 3.8) is 0 Å². The third kappa shape index (κ3) is 4.88. The number of carbonyl (C=O) groups is 1. The first kappa shape index (κ1) is 22.5. The third-order valence-corrected chi connectivity index (χ3v) is 6.51. The van der Waals surface area contributed by atoms with Gasteiger partial charge in [-0.25, -0.2) is 18.6 Å². The number of Topliss-reactive ketones (excluding diaryl/α,β-unsaturated/α-hetero) is 1. The molecule has 4 aromatic rings. The lowest BCUT2D eigenvalue weighted by Gasteiger charge is -2.17. The van der Waals surface area contributed by atoms with Crippen LogP contribution in [0.4, 0.5) is 0 Å². The fourth-order valence-corrected chi connectivity index (χ4v) is 5.42. The number of hydrogen-bond donors (Lipinski definition) is 0. The molecule has 0 spiro atoms. The molecule has 1 heterocycles. The van der Waals surface area contributed by atoms with Crippen molar-refractivity contribution >= 4 is 27.9 Å². The van der Waals surface area contributed by atoms with E-state index in [1.807, 2.05) is 11.3 Å². The summed E-state index contributed by atoms with van der Waals surface area (Å²) in [5, 5.41) is 3.96.